The summed E-state index contributed by atoms with van der Waals surface area (Å²) in [4.78, 5) is 16.7. The van der Waals surface area contributed by atoms with Crippen LogP contribution in [0.1, 0.15) is 11.1 Å². The fraction of sp³-hybridized carbons (Fsp3) is 0.192. The van der Waals surface area contributed by atoms with E-state index in [0.29, 0.717) is 34.0 Å². The number of rotatable bonds is 8. The highest BCUT2D eigenvalue weighted by Crippen LogP contribution is 2.42. The molecule has 7 nitrogen and oxygen atoms in total. The summed E-state index contributed by atoms with van der Waals surface area (Å²) >= 11 is 6.36. The van der Waals surface area contributed by atoms with E-state index in [1.165, 1.54) is 19.2 Å². The minimum absolute atomic E-state index is 0.0383. The first-order valence-corrected chi connectivity index (χ1v) is 11.3. The first-order chi connectivity index (χ1) is 17.6. The van der Waals surface area contributed by atoms with Crippen LogP contribution in [0.5, 0.6) is 5.75 Å². The lowest BCUT2D eigenvalue weighted by Crippen LogP contribution is -2.25. The number of ether oxygens (including phenoxy) is 1. The normalized spacial score (nSPS) is 11.6. The van der Waals surface area contributed by atoms with Crippen molar-refractivity contribution in [2.24, 2.45) is 0 Å². The van der Waals surface area contributed by atoms with Gasteiger partial charge in [0.15, 0.2) is 0 Å². The SMILES string of the molecule is COc1ccccc1-c1ccc(-c2nc(-c3ccc(CN(C)CC(=O)O)c(Cl)c3)no2)cc1C(F)(F)F. The quantitative estimate of drug-likeness (QED) is 0.287. The lowest BCUT2D eigenvalue weighted by atomic mass is 9.96. The molecule has 0 aliphatic heterocycles. The zero-order valence-electron chi connectivity index (χ0n) is 19.7. The summed E-state index contributed by atoms with van der Waals surface area (Å²) in [7, 11) is 3.05. The molecule has 0 bridgehead atoms. The molecule has 4 aromatic rings. The summed E-state index contributed by atoms with van der Waals surface area (Å²) in [6.45, 7) is 0.156. The van der Waals surface area contributed by atoms with E-state index in [0.717, 1.165) is 6.07 Å². The van der Waals surface area contributed by atoms with Gasteiger partial charge in [0.05, 0.1) is 19.2 Å². The molecule has 1 N–H and O–H groups in total. The van der Waals surface area contributed by atoms with Crippen LogP contribution in [0.15, 0.2) is 65.2 Å². The molecule has 0 aliphatic rings. The maximum atomic E-state index is 14.0. The van der Waals surface area contributed by atoms with E-state index in [9.17, 15) is 18.0 Å². The molecule has 0 radical (unpaired) electrons. The summed E-state index contributed by atoms with van der Waals surface area (Å²) in [6.07, 6.45) is -4.65. The summed E-state index contributed by atoms with van der Waals surface area (Å²) in [6, 6.07) is 15.2. The number of nitrogens with zero attached hydrogens (tertiary/aromatic N) is 3. The Labute approximate surface area is 215 Å². The van der Waals surface area contributed by atoms with Crippen molar-refractivity contribution < 1.29 is 32.3 Å². The monoisotopic (exact) mass is 531 g/mol. The molecule has 11 heteroatoms. The fourth-order valence-corrected chi connectivity index (χ4v) is 4.10. The van der Waals surface area contributed by atoms with Crippen LogP contribution in [0.2, 0.25) is 5.02 Å². The lowest BCUT2D eigenvalue weighted by Gasteiger charge is -2.16. The van der Waals surface area contributed by atoms with Crippen LogP contribution < -0.4 is 4.74 Å². The Morgan fingerprint density at radius 2 is 1.81 bits per heavy atom. The summed E-state index contributed by atoms with van der Waals surface area (Å²) in [5.41, 5.74) is 0.684. The summed E-state index contributed by atoms with van der Waals surface area (Å²) in [5, 5.41) is 13.2. The van der Waals surface area contributed by atoms with Crippen LogP contribution in [-0.2, 0) is 17.5 Å². The molecule has 0 saturated heterocycles. The van der Waals surface area contributed by atoms with Gasteiger partial charge in [-0.05, 0) is 42.4 Å². The molecule has 0 amide bonds. The molecule has 0 atom stereocenters. The molecule has 1 aromatic heterocycles. The number of aromatic nitrogens is 2. The third-order valence-electron chi connectivity index (χ3n) is 5.55. The average molecular weight is 532 g/mol. The number of aliphatic carboxylic acids is 1. The summed E-state index contributed by atoms with van der Waals surface area (Å²) in [5.74, 6) is -0.590. The second-order valence-corrected chi connectivity index (χ2v) is 8.66. The van der Waals surface area contributed by atoms with Crippen molar-refractivity contribution in [2.75, 3.05) is 20.7 Å². The second kappa shape index (κ2) is 10.6. The average Bonchev–Trinajstić information content (AvgIpc) is 3.34. The van der Waals surface area contributed by atoms with Gasteiger partial charge in [0.2, 0.25) is 5.82 Å². The Kier molecular flexibility index (Phi) is 7.51. The Balaban J connectivity index is 1.65. The van der Waals surface area contributed by atoms with Gasteiger partial charge >= 0.3 is 12.1 Å². The predicted molar refractivity (Wildman–Crippen MR) is 131 cm³/mol. The number of methoxy groups -OCH3 is 1. The zero-order chi connectivity index (χ0) is 26.7. The summed E-state index contributed by atoms with van der Waals surface area (Å²) < 4.78 is 52.6. The van der Waals surface area contributed by atoms with E-state index in [1.54, 1.807) is 54.4 Å². The predicted octanol–water partition coefficient (Wildman–Crippen LogP) is 6.27. The molecule has 3 aromatic carbocycles. The zero-order valence-corrected chi connectivity index (χ0v) is 20.5. The van der Waals surface area contributed by atoms with Crippen molar-refractivity contribution in [3.05, 3.63) is 76.8 Å². The Hall–Kier alpha value is -3.89. The number of carboxylic acid groups (broad SMARTS) is 1. The van der Waals surface area contributed by atoms with Gasteiger partial charge in [-0.25, -0.2) is 0 Å². The first-order valence-electron chi connectivity index (χ1n) is 10.9. The number of halogens is 4. The largest absolute Gasteiger partial charge is 0.496 e. The maximum absolute atomic E-state index is 14.0. The number of hydrogen-bond acceptors (Lipinski definition) is 6. The van der Waals surface area contributed by atoms with Crippen molar-refractivity contribution in [3.63, 3.8) is 0 Å². The molecule has 0 spiro atoms. The van der Waals surface area contributed by atoms with E-state index in [1.807, 2.05) is 0 Å². The van der Waals surface area contributed by atoms with Gasteiger partial charge in [-0.15, -0.1) is 0 Å². The fourth-order valence-electron chi connectivity index (χ4n) is 3.86. The Morgan fingerprint density at radius 1 is 1.08 bits per heavy atom. The molecular formula is C26H21ClF3N3O4. The first kappa shape index (κ1) is 26.2. The van der Waals surface area contributed by atoms with Crippen LogP contribution in [0.3, 0.4) is 0 Å². The highest BCUT2D eigenvalue weighted by atomic mass is 35.5. The van der Waals surface area contributed by atoms with Crippen molar-refractivity contribution in [2.45, 2.75) is 12.7 Å². The van der Waals surface area contributed by atoms with Crippen LogP contribution >= 0.6 is 11.6 Å². The lowest BCUT2D eigenvalue weighted by molar-refractivity contribution is -0.138. The number of benzene rings is 3. The Morgan fingerprint density at radius 3 is 2.49 bits per heavy atom. The minimum atomic E-state index is -4.65. The van der Waals surface area contributed by atoms with Crippen LogP contribution in [0.25, 0.3) is 34.0 Å². The smallest absolute Gasteiger partial charge is 0.417 e. The van der Waals surface area contributed by atoms with Gasteiger partial charge in [-0.3, -0.25) is 9.69 Å². The van der Waals surface area contributed by atoms with Crippen molar-refractivity contribution in [3.8, 4) is 39.7 Å². The van der Waals surface area contributed by atoms with Crippen molar-refractivity contribution >= 4 is 17.6 Å². The topological polar surface area (TPSA) is 88.7 Å². The van der Waals surface area contributed by atoms with E-state index in [2.05, 4.69) is 10.1 Å². The number of para-hydroxylation sites is 1. The number of carbonyl (C=O) groups is 1. The van der Waals surface area contributed by atoms with Gasteiger partial charge in [-0.2, -0.15) is 18.2 Å². The van der Waals surface area contributed by atoms with Gasteiger partial charge < -0.3 is 14.4 Å². The molecule has 1 heterocycles. The van der Waals surface area contributed by atoms with Crippen molar-refractivity contribution in [1.82, 2.24) is 15.0 Å². The molecular weight excluding hydrogens is 511 g/mol. The number of hydrogen-bond donors (Lipinski definition) is 1. The molecule has 0 saturated carbocycles. The Bertz CT molecular complexity index is 1440. The minimum Gasteiger partial charge on any atom is -0.496 e. The maximum Gasteiger partial charge on any atom is 0.417 e. The molecule has 0 unspecified atom stereocenters. The van der Waals surface area contributed by atoms with E-state index in [4.69, 9.17) is 26.0 Å². The van der Waals surface area contributed by atoms with Gasteiger partial charge in [-0.1, -0.05) is 53.2 Å². The molecule has 0 aliphatic carbocycles. The molecule has 192 valence electrons. The standard InChI is InChI=1S/C26H21ClF3N3O4/c1-33(14-23(34)35)13-17-8-7-15(12-21(17)27)24-31-25(37-32-24)16-9-10-18(20(11-16)26(28,29)30)19-5-3-4-6-22(19)36-2/h3-12H,13-14H2,1-2H3,(H,34,35). The van der Waals surface area contributed by atoms with Gasteiger partial charge in [0.25, 0.3) is 5.89 Å². The van der Waals surface area contributed by atoms with E-state index >= 15 is 0 Å². The highest BCUT2D eigenvalue weighted by molar-refractivity contribution is 6.31. The third kappa shape index (κ3) is 5.92. The number of carboxylic acids is 1. The van der Waals surface area contributed by atoms with Crippen LogP contribution in [0.4, 0.5) is 13.2 Å². The highest BCUT2D eigenvalue weighted by Gasteiger charge is 2.35. The van der Waals surface area contributed by atoms with Gasteiger partial charge in [0, 0.05) is 28.3 Å². The van der Waals surface area contributed by atoms with E-state index < -0.39 is 17.7 Å². The number of alkyl halides is 3. The second-order valence-electron chi connectivity index (χ2n) is 8.25. The van der Waals surface area contributed by atoms with Gasteiger partial charge in [0.1, 0.15) is 5.75 Å². The third-order valence-corrected chi connectivity index (χ3v) is 5.90. The van der Waals surface area contributed by atoms with Crippen LogP contribution in [-0.4, -0.2) is 46.8 Å². The molecule has 0 fully saturated rings. The van der Waals surface area contributed by atoms with Crippen molar-refractivity contribution in [1.29, 1.82) is 0 Å². The molecule has 37 heavy (non-hydrogen) atoms. The number of likely N-dealkylation sites (N-methyl/N-ethyl adjacent to an activating group) is 1. The van der Waals surface area contributed by atoms with Crippen LogP contribution in [0, 0.1) is 0 Å². The molecule has 4 rings (SSSR count). The van der Waals surface area contributed by atoms with E-state index in [-0.39, 0.29) is 29.4 Å².